The molecule has 0 aliphatic heterocycles. The number of rotatable bonds is 0. The molecule has 0 aromatic carbocycles. The molecule has 15 heavy (non-hydrogen) atoms. The summed E-state index contributed by atoms with van der Waals surface area (Å²) in [5, 5.41) is 0. The van der Waals surface area contributed by atoms with Crippen LogP contribution in [0.1, 0.15) is 102 Å². The van der Waals surface area contributed by atoms with Gasteiger partial charge in [-0.05, 0) is 0 Å². The Hall–Kier alpha value is 0. The first-order chi connectivity index (χ1) is 7.24. The van der Waals surface area contributed by atoms with Crippen LogP contribution in [-0.4, -0.2) is 0 Å². The van der Waals surface area contributed by atoms with E-state index in [4.69, 9.17) is 0 Å². The van der Waals surface area contributed by atoms with Gasteiger partial charge in [-0.25, -0.2) is 0 Å². The molecule has 0 heteroatoms. The molecule has 0 aliphatic carbocycles. The van der Waals surface area contributed by atoms with Crippen LogP contribution in [0.15, 0.2) is 0 Å². The lowest BCUT2D eigenvalue weighted by Gasteiger charge is -1.48. The summed E-state index contributed by atoms with van der Waals surface area (Å²) in [6.45, 7) is 24.8. The van der Waals surface area contributed by atoms with Gasteiger partial charge in [0.05, 0.1) is 0 Å². The van der Waals surface area contributed by atoms with Gasteiger partial charge in [-0.3, -0.25) is 0 Å². The van der Waals surface area contributed by atoms with Gasteiger partial charge in [-0.15, -0.1) is 0 Å². The van der Waals surface area contributed by atoms with Gasteiger partial charge in [0.2, 0.25) is 0 Å². The SMILES string of the molecule is CC.CC.CC.CCC.CCC.CCC. The first kappa shape index (κ1) is 36.3. The Bertz CT molecular complexity index is 4.75. The van der Waals surface area contributed by atoms with Gasteiger partial charge in [0.1, 0.15) is 0 Å². The second kappa shape index (κ2) is 263. The second-order valence-electron chi connectivity index (χ2n) is 2.12. The molecule has 0 fully saturated rings. The zero-order valence-corrected chi connectivity index (χ0v) is 14.1. The summed E-state index contributed by atoms with van der Waals surface area (Å²) in [5.41, 5.74) is 0. The van der Waals surface area contributed by atoms with Crippen molar-refractivity contribution in [1.82, 2.24) is 0 Å². The second-order valence-corrected chi connectivity index (χ2v) is 2.12. The molecular formula is C15H42. The van der Waals surface area contributed by atoms with Crippen LogP contribution in [0.25, 0.3) is 0 Å². The summed E-state index contributed by atoms with van der Waals surface area (Å²) in [4.78, 5) is 0. The molecule has 0 aromatic rings. The van der Waals surface area contributed by atoms with Crippen LogP contribution in [0, 0.1) is 0 Å². The summed E-state index contributed by atoms with van der Waals surface area (Å²) in [5.74, 6) is 0. The summed E-state index contributed by atoms with van der Waals surface area (Å²) in [6, 6.07) is 0. The Kier molecular flexibility index (Phi) is 636. The van der Waals surface area contributed by atoms with E-state index < -0.39 is 0 Å². The molecular weight excluding hydrogens is 180 g/mol. The van der Waals surface area contributed by atoms with Crippen molar-refractivity contribution in [2.75, 3.05) is 0 Å². The van der Waals surface area contributed by atoms with E-state index in [0.717, 1.165) is 0 Å². The minimum atomic E-state index is 1.25. The average Bonchev–Trinajstić information content (AvgIpc) is 2.29. The molecule has 0 heterocycles. The van der Waals surface area contributed by atoms with Gasteiger partial charge in [0, 0.05) is 0 Å². The van der Waals surface area contributed by atoms with E-state index in [1.54, 1.807) is 0 Å². The van der Waals surface area contributed by atoms with E-state index in [9.17, 15) is 0 Å². The van der Waals surface area contributed by atoms with Crippen LogP contribution in [-0.2, 0) is 0 Å². The summed E-state index contributed by atoms with van der Waals surface area (Å²) < 4.78 is 0. The lowest BCUT2D eigenvalue weighted by molar-refractivity contribution is 1.09. The first-order valence-corrected chi connectivity index (χ1v) is 7.24. The van der Waals surface area contributed by atoms with Crippen molar-refractivity contribution < 1.29 is 0 Å². The van der Waals surface area contributed by atoms with Crippen molar-refractivity contribution in [3.63, 3.8) is 0 Å². The van der Waals surface area contributed by atoms with Crippen molar-refractivity contribution in [2.24, 2.45) is 0 Å². The third-order valence-electron chi connectivity index (χ3n) is 0. The van der Waals surface area contributed by atoms with Crippen molar-refractivity contribution in [3.05, 3.63) is 0 Å². The third kappa shape index (κ3) is 0. The molecule has 0 saturated carbocycles. The monoisotopic (exact) mass is 222 g/mol. The zero-order valence-electron chi connectivity index (χ0n) is 14.1. The predicted octanol–water partition coefficient (Wildman–Crippen LogP) is 7.33. The molecule has 0 aliphatic rings. The lowest BCUT2D eigenvalue weighted by atomic mass is 10.6. The average molecular weight is 223 g/mol. The largest absolute Gasteiger partial charge is 0.0683 e. The fraction of sp³-hybridized carbons (Fsp3) is 1.00. The molecule has 0 bridgehead atoms. The third-order valence-corrected chi connectivity index (χ3v) is 0. The maximum Gasteiger partial charge on any atom is -0.0590 e. The van der Waals surface area contributed by atoms with Gasteiger partial charge in [0.25, 0.3) is 0 Å². The fourth-order valence-corrected chi connectivity index (χ4v) is 0. The molecule has 0 rings (SSSR count). The van der Waals surface area contributed by atoms with E-state index in [1.807, 2.05) is 41.5 Å². The molecule has 0 saturated heterocycles. The molecule has 0 radical (unpaired) electrons. The van der Waals surface area contributed by atoms with Crippen LogP contribution in [0.2, 0.25) is 0 Å². The maximum atomic E-state index is 2.12. The van der Waals surface area contributed by atoms with Crippen LogP contribution >= 0.6 is 0 Å². The smallest absolute Gasteiger partial charge is 0.0590 e. The number of hydrogen-bond acceptors (Lipinski definition) is 0. The van der Waals surface area contributed by atoms with Crippen molar-refractivity contribution in [3.8, 4) is 0 Å². The minimum Gasteiger partial charge on any atom is -0.0683 e. The Morgan fingerprint density at radius 2 is 0.333 bits per heavy atom. The van der Waals surface area contributed by atoms with E-state index in [2.05, 4.69) is 41.5 Å². The van der Waals surface area contributed by atoms with E-state index in [0.29, 0.717) is 0 Å². The van der Waals surface area contributed by atoms with Crippen molar-refractivity contribution >= 4 is 0 Å². The molecule has 0 nitrogen and oxygen atoms in total. The molecule has 0 spiro atoms. The van der Waals surface area contributed by atoms with Crippen LogP contribution < -0.4 is 0 Å². The maximum absolute atomic E-state index is 2.12. The Labute approximate surface area is 103 Å². The molecule has 102 valence electrons. The normalized spacial score (nSPS) is 4.80. The van der Waals surface area contributed by atoms with Crippen LogP contribution in [0.5, 0.6) is 0 Å². The standard InChI is InChI=1S/3C3H8.3C2H6/c3*1-3-2;3*1-2/h3*3H2,1-2H3;3*1-2H3. The predicted molar refractivity (Wildman–Crippen MR) is 81.9 cm³/mol. The first-order valence-electron chi connectivity index (χ1n) is 7.24. The Balaban J connectivity index is -0.0000000164. The van der Waals surface area contributed by atoms with E-state index >= 15 is 0 Å². The zero-order chi connectivity index (χ0) is 14.1. The van der Waals surface area contributed by atoms with E-state index in [1.165, 1.54) is 19.3 Å². The molecule has 0 N–H and O–H groups in total. The minimum absolute atomic E-state index is 1.25. The van der Waals surface area contributed by atoms with Crippen LogP contribution in [0.4, 0.5) is 0 Å². The van der Waals surface area contributed by atoms with Crippen molar-refractivity contribution in [2.45, 2.75) is 102 Å². The Morgan fingerprint density at radius 1 is 0.333 bits per heavy atom. The molecule has 0 amide bonds. The number of hydrogen-bond donors (Lipinski definition) is 0. The Morgan fingerprint density at radius 3 is 0.333 bits per heavy atom. The highest BCUT2D eigenvalue weighted by Crippen LogP contribution is 1.56. The van der Waals surface area contributed by atoms with Crippen LogP contribution in [0.3, 0.4) is 0 Å². The summed E-state index contributed by atoms with van der Waals surface area (Å²) >= 11 is 0. The van der Waals surface area contributed by atoms with Gasteiger partial charge in [-0.2, -0.15) is 0 Å². The van der Waals surface area contributed by atoms with Gasteiger partial charge in [-0.1, -0.05) is 102 Å². The molecule has 0 atom stereocenters. The topological polar surface area (TPSA) is 0 Å². The lowest BCUT2D eigenvalue weighted by Crippen LogP contribution is -1.27. The van der Waals surface area contributed by atoms with Gasteiger partial charge < -0.3 is 0 Å². The fourth-order valence-electron chi connectivity index (χ4n) is 0. The van der Waals surface area contributed by atoms with Gasteiger partial charge >= 0.3 is 0 Å². The highest BCUT2D eigenvalue weighted by atomic mass is 13.4. The van der Waals surface area contributed by atoms with E-state index in [-0.39, 0.29) is 0 Å². The van der Waals surface area contributed by atoms with Gasteiger partial charge in [0.15, 0.2) is 0 Å². The summed E-state index contributed by atoms with van der Waals surface area (Å²) in [7, 11) is 0. The molecule has 0 unspecified atom stereocenters. The highest BCUT2D eigenvalue weighted by molar-refractivity contribution is 3.92. The molecule has 0 aromatic heterocycles. The highest BCUT2D eigenvalue weighted by Gasteiger charge is 1.36. The van der Waals surface area contributed by atoms with Crippen molar-refractivity contribution in [1.29, 1.82) is 0 Å². The quantitative estimate of drug-likeness (QED) is 0.402. The summed E-state index contributed by atoms with van der Waals surface area (Å²) in [6.07, 6.45) is 3.75.